The maximum absolute atomic E-state index is 12.8. The number of rotatable bonds is 3. The number of carbonyl (C=O) groups excluding carboxylic acids is 1. The number of halogens is 1. The van der Waals surface area contributed by atoms with Crippen molar-refractivity contribution in [3.63, 3.8) is 0 Å². The van der Waals surface area contributed by atoms with E-state index in [4.69, 9.17) is 0 Å². The number of hydrogen-bond donors (Lipinski definition) is 2. The predicted octanol–water partition coefficient (Wildman–Crippen LogP) is 0.608. The lowest BCUT2D eigenvalue weighted by atomic mass is 10.1. The van der Waals surface area contributed by atoms with E-state index in [1.54, 1.807) is 0 Å². The van der Waals surface area contributed by atoms with Crippen molar-refractivity contribution >= 4 is 5.97 Å². The lowest BCUT2D eigenvalue weighted by molar-refractivity contribution is -0.150. The zero-order valence-corrected chi connectivity index (χ0v) is 8.11. The molecule has 1 atom stereocenters. The first-order valence-corrected chi connectivity index (χ1v) is 4.28. The Labute approximate surface area is 85.9 Å². The average Bonchev–Trinajstić information content (AvgIpc) is 2.22. The molecule has 0 saturated heterocycles. The topological polar surface area (TPSA) is 66.8 Å². The molecule has 82 valence electrons. The lowest BCUT2D eigenvalue weighted by Crippen LogP contribution is -2.24. The molecule has 2 N–H and O–H groups in total. The van der Waals surface area contributed by atoms with E-state index in [1.165, 1.54) is 0 Å². The number of aliphatic hydroxyl groups excluding tert-OH is 1. The van der Waals surface area contributed by atoms with Crippen molar-refractivity contribution < 1.29 is 24.1 Å². The third-order valence-corrected chi connectivity index (χ3v) is 1.93. The number of methoxy groups -OCH3 is 1. The van der Waals surface area contributed by atoms with Gasteiger partial charge in [-0.2, -0.15) is 0 Å². The van der Waals surface area contributed by atoms with Crippen LogP contribution in [0.3, 0.4) is 0 Å². The Hall–Kier alpha value is -1.62. The Bertz CT molecular complexity index is 364. The molecule has 0 aliphatic heterocycles. The summed E-state index contributed by atoms with van der Waals surface area (Å²) in [7, 11) is 1.14. The SMILES string of the molecule is COC(=O)C(O)Cc1cc(F)ccc1O. The van der Waals surface area contributed by atoms with Crippen LogP contribution in [-0.4, -0.2) is 29.4 Å². The van der Waals surface area contributed by atoms with Crippen molar-refractivity contribution in [1.29, 1.82) is 0 Å². The third-order valence-electron chi connectivity index (χ3n) is 1.93. The Balaban J connectivity index is 2.80. The average molecular weight is 214 g/mol. The van der Waals surface area contributed by atoms with Crippen molar-refractivity contribution in [2.75, 3.05) is 7.11 Å². The van der Waals surface area contributed by atoms with Crippen molar-refractivity contribution in [2.24, 2.45) is 0 Å². The van der Waals surface area contributed by atoms with Gasteiger partial charge in [-0.15, -0.1) is 0 Å². The first-order valence-electron chi connectivity index (χ1n) is 4.28. The second-order valence-electron chi connectivity index (χ2n) is 3.02. The monoisotopic (exact) mass is 214 g/mol. The van der Waals surface area contributed by atoms with Gasteiger partial charge in [-0.05, 0) is 23.8 Å². The fourth-order valence-electron chi connectivity index (χ4n) is 1.15. The smallest absolute Gasteiger partial charge is 0.335 e. The minimum Gasteiger partial charge on any atom is -0.508 e. The molecule has 0 aromatic heterocycles. The Kier molecular flexibility index (Phi) is 3.62. The molecule has 1 rings (SSSR count). The van der Waals surface area contributed by atoms with Crippen LogP contribution in [-0.2, 0) is 16.0 Å². The lowest BCUT2D eigenvalue weighted by Gasteiger charge is -2.09. The molecular formula is C10H11FO4. The van der Waals surface area contributed by atoms with Gasteiger partial charge >= 0.3 is 5.97 Å². The van der Waals surface area contributed by atoms with E-state index in [9.17, 15) is 19.4 Å². The van der Waals surface area contributed by atoms with Crippen LogP contribution in [0, 0.1) is 5.82 Å². The zero-order valence-electron chi connectivity index (χ0n) is 8.11. The highest BCUT2D eigenvalue weighted by Crippen LogP contribution is 2.19. The maximum Gasteiger partial charge on any atom is 0.335 e. The molecule has 15 heavy (non-hydrogen) atoms. The van der Waals surface area contributed by atoms with Gasteiger partial charge in [0.25, 0.3) is 0 Å². The number of aliphatic hydroxyl groups is 1. The molecule has 0 saturated carbocycles. The molecule has 1 aromatic rings. The Morgan fingerprint density at radius 3 is 2.87 bits per heavy atom. The quantitative estimate of drug-likeness (QED) is 0.723. The first-order chi connectivity index (χ1) is 7.04. The van der Waals surface area contributed by atoms with Gasteiger partial charge in [0.05, 0.1) is 7.11 Å². The van der Waals surface area contributed by atoms with Crippen molar-refractivity contribution in [2.45, 2.75) is 12.5 Å². The number of ether oxygens (including phenoxy) is 1. The molecule has 0 spiro atoms. The van der Waals surface area contributed by atoms with Crippen LogP contribution in [0.1, 0.15) is 5.56 Å². The summed E-state index contributed by atoms with van der Waals surface area (Å²) in [4.78, 5) is 10.9. The van der Waals surface area contributed by atoms with Gasteiger partial charge < -0.3 is 14.9 Å². The van der Waals surface area contributed by atoms with Gasteiger partial charge in [0, 0.05) is 6.42 Å². The highest BCUT2D eigenvalue weighted by Gasteiger charge is 2.17. The molecule has 0 aliphatic rings. The van der Waals surface area contributed by atoms with Gasteiger partial charge in [0.15, 0.2) is 6.10 Å². The molecule has 0 bridgehead atoms. The van der Waals surface area contributed by atoms with Crippen molar-refractivity contribution in [1.82, 2.24) is 0 Å². The molecule has 0 fully saturated rings. The molecule has 1 unspecified atom stereocenters. The van der Waals surface area contributed by atoms with Gasteiger partial charge in [0.2, 0.25) is 0 Å². The Morgan fingerprint density at radius 2 is 2.27 bits per heavy atom. The summed E-state index contributed by atoms with van der Waals surface area (Å²) in [5, 5.41) is 18.6. The molecule has 1 aromatic carbocycles. The fourth-order valence-corrected chi connectivity index (χ4v) is 1.15. The van der Waals surface area contributed by atoms with Crippen LogP contribution in [0.15, 0.2) is 18.2 Å². The number of benzene rings is 1. The minimum atomic E-state index is -1.40. The van der Waals surface area contributed by atoms with E-state index in [-0.39, 0.29) is 17.7 Å². The largest absolute Gasteiger partial charge is 0.508 e. The van der Waals surface area contributed by atoms with Gasteiger partial charge in [-0.25, -0.2) is 9.18 Å². The third kappa shape index (κ3) is 2.92. The zero-order chi connectivity index (χ0) is 11.4. The molecular weight excluding hydrogens is 203 g/mol. The van der Waals surface area contributed by atoms with Crippen molar-refractivity contribution in [3.05, 3.63) is 29.6 Å². The summed E-state index contributed by atoms with van der Waals surface area (Å²) >= 11 is 0. The molecule has 4 nitrogen and oxygen atoms in total. The summed E-state index contributed by atoms with van der Waals surface area (Å²) < 4.78 is 17.1. The number of hydrogen-bond acceptors (Lipinski definition) is 4. The second-order valence-corrected chi connectivity index (χ2v) is 3.02. The predicted molar refractivity (Wildman–Crippen MR) is 49.8 cm³/mol. The molecule has 5 heteroatoms. The number of aromatic hydroxyl groups is 1. The van der Waals surface area contributed by atoms with Crippen LogP contribution in [0.5, 0.6) is 5.75 Å². The second kappa shape index (κ2) is 4.75. The number of phenols is 1. The van der Waals surface area contributed by atoms with Crippen LogP contribution in [0.2, 0.25) is 0 Å². The van der Waals surface area contributed by atoms with Gasteiger partial charge in [-0.3, -0.25) is 0 Å². The van der Waals surface area contributed by atoms with Crippen LogP contribution >= 0.6 is 0 Å². The van der Waals surface area contributed by atoms with E-state index in [1.807, 2.05) is 0 Å². The van der Waals surface area contributed by atoms with E-state index < -0.39 is 17.9 Å². The summed E-state index contributed by atoms with van der Waals surface area (Å²) in [5.41, 5.74) is 0.160. The highest BCUT2D eigenvalue weighted by molar-refractivity contribution is 5.74. The van der Waals surface area contributed by atoms with Crippen LogP contribution in [0.25, 0.3) is 0 Å². The summed E-state index contributed by atoms with van der Waals surface area (Å²) in [6.45, 7) is 0. The highest BCUT2D eigenvalue weighted by atomic mass is 19.1. The molecule has 0 radical (unpaired) electrons. The molecule has 0 aliphatic carbocycles. The number of carbonyl (C=O) groups is 1. The van der Waals surface area contributed by atoms with Crippen LogP contribution in [0.4, 0.5) is 4.39 Å². The Morgan fingerprint density at radius 1 is 1.60 bits per heavy atom. The van der Waals surface area contributed by atoms with Gasteiger partial charge in [0.1, 0.15) is 11.6 Å². The normalized spacial score (nSPS) is 12.2. The number of phenolic OH excluding ortho intramolecular Hbond substituents is 1. The summed E-state index contributed by atoms with van der Waals surface area (Å²) in [6.07, 6.45) is -1.58. The van der Waals surface area contributed by atoms with E-state index >= 15 is 0 Å². The molecule has 0 heterocycles. The first kappa shape index (κ1) is 11.5. The summed E-state index contributed by atoms with van der Waals surface area (Å²) in [6, 6.07) is 3.31. The van der Waals surface area contributed by atoms with Crippen molar-refractivity contribution in [3.8, 4) is 5.75 Å². The van der Waals surface area contributed by atoms with Crippen LogP contribution < -0.4 is 0 Å². The van der Waals surface area contributed by atoms with E-state index in [0.717, 1.165) is 25.3 Å². The molecule has 0 amide bonds. The fraction of sp³-hybridized carbons (Fsp3) is 0.300. The minimum absolute atomic E-state index is 0.160. The maximum atomic E-state index is 12.8. The summed E-state index contributed by atoms with van der Waals surface area (Å²) in [5.74, 6) is -1.53. The van der Waals surface area contributed by atoms with E-state index in [2.05, 4.69) is 4.74 Å². The van der Waals surface area contributed by atoms with E-state index in [0.29, 0.717) is 0 Å². The number of esters is 1. The standard InChI is InChI=1S/C10H11FO4/c1-15-10(14)9(13)5-6-4-7(11)2-3-8(6)12/h2-4,9,12-13H,5H2,1H3. The van der Waals surface area contributed by atoms with Gasteiger partial charge in [-0.1, -0.05) is 0 Å².